The summed E-state index contributed by atoms with van der Waals surface area (Å²) >= 11 is 12.8. The molecule has 13 heteroatoms. The van der Waals surface area contributed by atoms with Crippen LogP contribution >= 0.6 is 23.2 Å². The van der Waals surface area contributed by atoms with Gasteiger partial charge in [0.05, 0.1) is 15.5 Å². The maximum atomic E-state index is 14.1. The molecule has 0 spiro atoms. The summed E-state index contributed by atoms with van der Waals surface area (Å²) in [6.07, 6.45) is 1.81. The van der Waals surface area contributed by atoms with Gasteiger partial charge in [-0.25, -0.2) is 8.42 Å². The summed E-state index contributed by atoms with van der Waals surface area (Å²) in [5.41, 5.74) is -0.0472. The fourth-order valence-electron chi connectivity index (χ4n) is 4.29. The molecule has 42 heavy (non-hydrogen) atoms. The molecule has 0 saturated carbocycles. The van der Waals surface area contributed by atoms with Gasteiger partial charge in [0.15, 0.2) is 0 Å². The molecule has 0 fully saturated rings. The van der Waals surface area contributed by atoms with E-state index in [1.807, 2.05) is 6.92 Å². The van der Waals surface area contributed by atoms with E-state index in [9.17, 15) is 28.1 Å². The van der Waals surface area contributed by atoms with Crippen LogP contribution in [0.2, 0.25) is 10.0 Å². The zero-order valence-electron chi connectivity index (χ0n) is 23.2. The average molecular weight is 636 g/mol. The maximum Gasteiger partial charge on any atom is 0.271 e. The van der Waals surface area contributed by atoms with Gasteiger partial charge in [-0.05, 0) is 43.2 Å². The van der Waals surface area contributed by atoms with Crippen LogP contribution in [0.5, 0.6) is 0 Å². The van der Waals surface area contributed by atoms with Crippen molar-refractivity contribution in [2.45, 2.75) is 50.6 Å². The number of benzene rings is 3. The van der Waals surface area contributed by atoms with Crippen molar-refractivity contribution >= 4 is 56.4 Å². The van der Waals surface area contributed by atoms with Gasteiger partial charge in [-0.2, -0.15) is 0 Å². The zero-order valence-corrected chi connectivity index (χ0v) is 25.5. The van der Waals surface area contributed by atoms with Gasteiger partial charge in [0.25, 0.3) is 15.7 Å². The van der Waals surface area contributed by atoms with Gasteiger partial charge >= 0.3 is 0 Å². The summed E-state index contributed by atoms with van der Waals surface area (Å²) in [6, 6.07) is 16.3. The van der Waals surface area contributed by atoms with Crippen molar-refractivity contribution in [2.24, 2.45) is 0 Å². The Balaban J connectivity index is 2.11. The molecule has 0 saturated heterocycles. The van der Waals surface area contributed by atoms with Crippen molar-refractivity contribution in [1.29, 1.82) is 0 Å². The summed E-state index contributed by atoms with van der Waals surface area (Å²) in [6.45, 7) is 3.19. The average Bonchev–Trinajstić information content (AvgIpc) is 2.97. The van der Waals surface area contributed by atoms with E-state index in [0.29, 0.717) is 12.1 Å². The fraction of sp³-hybridized carbons (Fsp3) is 0.310. The molecule has 224 valence electrons. The van der Waals surface area contributed by atoms with Gasteiger partial charge in [-0.1, -0.05) is 73.8 Å². The number of carbonyl (C=O) groups is 2. The Morgan fingerprint density at radius 1 is 0.976 bits per heavy atom. The summed E-state index contributed by atoms with van der Waals surface area (Å²) in [5, 5.41) is 14.9. The number of sulfonamides is 1. The summed E-state index contributed by atoms with van der Waals surface area (Å²) in [4.78, 5) is 39.4. The van der Waals surface area contributed by atoms with Crippen LogP contribution in [0.3, 0.4) is 0 Å². The summed E-state index contributed by atoms with van der Waals surface area (Å²) in [5.74, 6) is -1.13. The number of unbranched alkanes of at least 4 members (excludes halogenated alkanes) is 1. The van der Waals surface area contributed by atoms with Crippen molar-refractivity contribution in [2.75, 3.05) is 17.4 Å². The van der Waals surface area contributed by atoms with Crippen LogP contribution in [0.4, 0.5) is 11.4 Å². The van der Waals surface area contributed by atoms with E-state index in [0.717, 1.165) is 23.2 Å². The Hall–Kier alpha value is -3.67. The molecule has 3 aromatic carbocycles. The molecule has 0 aromatic heterocycles. The van der Waals surface area contributed by atoms with E-state index in [1.54, 1.807) is 31.2 Å². The first kappa shape index (κ1) is 32.8. The van der Waals surface area contributed by atoms with E-state index in [2.05, 4.69) is 5.32 Å². The largest absolute Gasteiger partial charge is 0.354 e. The minimum Gasteiger partial charge on any atom is -0.354 e. The van der Waals surface area contributed by atoms with Crippen molar-refractivity contribution in [3.05, 3.63) is 98.5 Å². The minimum absolute atomic E-state index is 0.0856. The highest BCUT2D eigenvalue weighted by atomic mass is 35.5. The molecule has 0 aliphatic carbocycles. The van der Waals surface area contributed by atoms with Crippen LogP contribution in [-0.4, -0.2) is 49.2 Å². The van der Waals surface area contributed by atoms with Gasteiger partial charge in [0.2, 0.25) is 11.8 Å². The molecule has 1 N–H and O–H groups in total. The van der Waals surface area contributed by atoms with Crippen LogP contribution in [0.1, 0.15) is 38.7 Å². The smallest absolute Gasteiger partial charge is 0.271 e. The zero-order chi connectivity index (χ0) is 30.9. The Morgan fingerprint density at radius 3 is 2.21 bits per heavy atom. The first-order valence-corrected chi connectivity index (χ1v) is 15.5. The first-order chi connectivity index (χ1) is 20.0. The molecule has 0 aliphatic heterocycles. The molecule has 0 heterocycles. The number of non-ortho nitro benzene ring substituents is 1. The Kier molecular flexibility index (Phi) is 11.7. The normalized spacial score (nSPS) is 11.9. The van der Waals surface area contributed by atoms with Gasteiger partial charge in [-0.15, -0.1) is 0 Å². The molecule has 0 bridgehead atoms. The highest BCUT2D eigenvalue weighted by molar-refractivity contribution is 7.92. The number of halogens is 2. The lowest BCUT2D eigenvalue weighted by Crippen LogP contribution is -2.52. The third kappa shape index (κ3) is 7.99. The van der Waals surface area contributed by atoms with Crippen molar-refractivity contribution < 1.29 is 22.9 Å². The molecular formula is C29H32Cl2N4O6S. The Bertz CT molecular complexity index is 1500. The lowest BCUT2D eigenvalue weighted by atomic mass is 10.1. The molecule has 2 amide bonds. The molecular weight excluding hydrogens is 603 g/mol. The van der Waals surface area contributed by atoms with Crippen LogP contribution < -0.4 is 9.62 Å². The fourth-order valence-corrected chi connectivity index (χ4v) is 6.23. The number of nitrogens with zero attached hydrogens (tertiary/aromatic N) is 3. The van der Waals surface area contributed by atoms with Gasteiger partial charge in [-0.3, -0.25) is 24.0 Å². The number of hydrogen-bond donors (Lipinski definition) is 1. The lowest BCUT2D eigenvalue weighted by Gasteiger charge is -2.33. The van der Waals surface area contributed by atoms with E-state index in [4.69, 9.17) is 23.2 Å². The van der Waals surface area contributed by atoms with Gasteiger partial charge in [0, 0.05) is 40.8 Å². The second kappa shape index (κ2) is 15.0. The molecule has 10 nitrogen and oxygen atoms in total. The third-order valence-electron chi connectivity index (χ3n) is 6.54. The minimum atomic E-state index is -4.37. The van der Waals surface area contributed by atoms with Gasteiger partial charge in [0.1, 0.15) is 12.6 Å². The van der Waals surface area contributed by atoms with E-state index in [-0.39, 0.29) is 39.3 Å². The second-order valence-corrected chi connectivity index (χ2v) is 12.1. The molecule has 0 aliphatic rings. The Labute approximate surface area is 255 Å². The van der Waals surface area contributed by atoms with Crippen molar-refractivity contribution in [3.63, 3.8) is 0 Å². The quantitative estimate of drug-likeness (QED) is 0.135. The SMILES string of the molecule is CCCCNC(=O)C(CC)N(Cc1c(Cl)cccc1Cl)C(=O)CN(c1cccc([N+](=O)[O-])c1)S(=O)(=O)c1ccccc1. The van der Waals surface area contributed by atoms with E-state index >= 15 is 0 Å². The number of amides is 2. The number of nitro benzene ring substituents is 1. The van der Waals surface area contributed by atoms with Gasteiger partial charge < -0.3 is 10.2 Å². The predicted octanol–water partition coefficient (Wildman–Crippen LogP) is 5.82. The van der Waals surface area contributed by atoms with Crippen molar-refractivity contribution in [3.8, 4) is 0 Å². The van der Waals surface area contributed by atoms with E-state index in [1.165, 1.54) is 47.4 Å². The van der Waals surface area contributed by atoms with E-state index < -0.39 is 39.3 Å². The molecule has 1 atom stereocenters. The van der Waals surface area contributed by atoms with Crippen LogP contribution in [-0.2, 0) is 26.2 Å². The first-order valence-electron chi connectivity index (χ1n) is 13.3. The van der Waals surface area contributed by atoms with Crippen LogP contribution in [0, 0.1) is 10.1 Å². The Morgan fingerprint density at radius 2 is 1.62 bits per heavy atom. The number of nitro groups is 1. The predicted molar refractivity (Wildman–Crippen MR) is 163 cm³/mol. The topological polar surface area (TPSA) is 130 Å². The highest BCUT2D eigenvalue weighted by Gasteiger charge is 2.34. The maximum absolute atomic E-state index is 14.1. The number of nitrogens with one attached hydrogen (secondary N) is 1. The monoisotopic (exact) mass is 634 g/mol. The molecule has 3 aromatic rings. The number of rotatable bonds is 14. The second-order valence-electron chi connectivity index (χ2n) is 9.39. The van der Waals surface area contributed by atoms with Crippen molar-refractivity contribution in [1.82, 2.24) is 10.2 Å². The molecule has 3 rings (SSSR count). The number of anilines is 1. The lowest BCUT2D eigenvalue weighted by molar-refractivity contribution is -0.384. The van der Waals surface area contributed by atoms with Crippen LogP contribution in [0.15, 0.2) is 77.7 Å². The highest BCUT2D eigenvalue weighted by Crippen LogP contribution is 2.30. The third-order valence-corrected chi connectivity index (χ3v) is 9.04. The summed E-state index contributed by atoms with van der Waals surface area (Å²) in [7, 11) is -4.37. The molecule has 0 radical (unpaired) electrons. The van der Waals surface area contributed by atoms with Crippen LogP contribution in [0.25, 0.3) is 0 Å². The number of carbonyl (C=O) groups excluding carboxylic acids is 2. The standard InChI is InChI=1S/C29H32Cl2N4O6S/c1-3-5-17-32-29(37)27(4-2)33(19-24-25(30)15-10-16-26(24)31)28(36)20-34(21-11-9-12-22(18-21)35(38)39)42(40,41)23-13-7-6-8-14-23/h6-16,18,27H,3-5,17,19-20H2,1-2H3,(H,32,37). The summed E-state index contributed by atoms with van der Waals surface area (Å²) < 4.78 is 28.5. The number of hydrogen-bond acceptors (Lipinski definition) is 6. The molecule has 1 unspecified atom stereocenters.